The van der Waals surface area contributed by atoms with Crippen molar-refractivity contribution < 1.29 is 4.39 Å². The summed E-state index contributed by atoms with van der Waals surface area (Å²) in [7, 11) is 0. The normalized spacial score (nSPS) is 10.8. The molecule has 12 heavy (non-hydrogen) atoms. The van der Waals surface area contributed by atoms with Crippen LogP contribution in [-0.2, 0) is 6.67 Å². The summed E-state index contributed by atoms with van der Waals surface area (Å²) in [5.41, 5.74) is 6.76. The Labute approximate surface area is 73.0 Å². The molecule has 0 amide bonds. The van der Waals surface area contributed by atoms with Crippen LogP contribution >= 0.6 is 11.5 Å². The van der Waals surface area contributed by atoms with Gasteiger partial charge in [-0.2, -0.15) is 4.37 Å². The van der Waals surface area contributed by atoms with Gasteiger partial charge in [-0.05, 0) is 29.7 Å². The Kier molecular flexibility index (Phi) is 1.69. The Hall–Kier alpha value is -1.16. The molecule has 0 aliphatic carbocycles. The van der Waals surface area contributed by atoms with Crippen LogP contribution in [0.25, 0.3) is 10.1 Å². The molecular weight excluding hydrogens is 175 g/mol. The number of nitrogen functional groups attached to an aromatic ring is 1. The first-order chi connectivity index (χ1) is 5.81. The molecule has 0 radical (unpaired) electrons. The maximum atomic E-state index is 12.3. The number of fused-ring (bicyclic) bond motifs is 1. The van der Waals surface area contributed by atoms with E-state index in [9.17, 15) is 4.39 Å². The Morgan fingerprint density at radius 1 is 1.50 bits per heavy atom. The van der Waals surface area contributed by atoms with Crippen LogP contribution in [0.15, 0.2) is 18.2 Å². The van der Waals surface area contributed by atoms with Gasteiger partial charge in [0.1, 0.15) is 6.67 Å². The molecule has 2 nitrogen and oxygen atoms in total. The summed E-state index contributed by atoms with van der Waals surface area (Å²) >= 11 is 1.28. The van der Waals surface area contributed by atoms with E-state index in [0.717, 1.165) is 10.1 Å². The number of nitrogens with zero attached hydrogens (tertiary/aromatic N) is 1. The van der Waals surface area contributed by atoms with E-state index in [-0.39, 0.29) is 0 Å². The summed E-state index contributed by atoms with van der Waals surface area (Å²) in [5.74, 6) is 0. The molecular formula is C8H7FN2S. The summed E-state index contributed by atoms with van der Waals surface area (Å²) in [4.78, 5) is 0. The lowest BCUT2D eigenvalue weighted by molar-refractivity contribution is 0.481. The summed E-state index contributed by atoms with van der Waals surface area (Å²) in [6.07, 6.45) is 0. The van der Waals surface area contributed by atoms with E-state index in [1.165, 1.54) is 11.5 Å². The van der Waals surface area contributed by atoms with E-state index in [1.807, 2.05) is 12.1 Å². The lowest BCUT2D eigenvalue weighted by atomic mass is 10.2. The largest absolute Gasteiger partial charge is 0.399 e. The van der Waals surface area contributed by atoms with Gasteiger partial charge in [0.2, 0.25) is 0 Å². The molecule has 1 heterocycles. The van der Waals surface area contributed by atoms with Gasteiger partial charge in [-0.15, -0.1) is 0 Å². The second kappa shape index (κ2) is 2.71. The molecule has 0 saturated heterocycles. The van der Waals surface area contributed by atoms with Crippen molar-refractivity contribution in [1.82, 2.24) is 4.37 Å². The van der Waals surface area contributed by atoms with E-state index in [1.54, 1.807) is 6.07 Å². The first kappa shape index (κ1) is 7.49. The second-order valence-corrected chi connectivity index (χ2v) is 3.32. The van der Waals surface area contributed by atoms with E-state index in [0.29, 0.717) is 11.4 Å². The van der Waals surface area contributed by atoms with Gasteiger partial charge < -0.3 is 5.73 Å². The predicted octanol–water partition coefficient (Wildman–Crippen LogP) is 2.35. The van der Waals surface area contributed by atoms with Crippen molar-refractivity contribution in [2.24, 2.45) is 0 Å². The van der Waals surface area contributed by atoms with Crippen molar-refractivity contribution in [3.63, 3.8) is 0 Å². The Balaban J connectivity index is 2.73. The lowest BCUT2D eigenvalue weighted by Gasteiger charge is -1.92. The number of hydrogen-bond donors (Lipinski definition) is 1. The Bertz CT molecular complexity index is 410. The number of rotatable bonds is 1. The van der Waals surface area contributed by atoms with Gasteiger partial charge in [-0.3, -0.25) is 0 Å². The highest BCUT2D eigenvalue weighted by molar-refractivity contribution is 7.13. The van der Waals surface area contributed by atoms with Crippen LogP contribution in [0.1, 0.15) is 5.69 Å². The summed E-state index contributed by atoms with van der Waals surface area (Å²) < 4.78 is 17.2. The van der Waals surface area contributed by atoms with Gasteiger partial charge in [0.25, 0.3) is 0 Å². The fraction of sp³-hybridized carbons (Fsp3) is 0.125. The van der Waals surface area contributed by atoms with Gasteiger partial charge in [-0.25, -0.2) is 4.39 Å². The number of aromatic nitrogens is 1. The molecule has 0 atom stereocenters. The topological polar surface area (TPSA) is 38.9 Å². The standard InChI is InChI=1S/C8H7FN2S/c9-4-7-6-2-1-5(10)3-8(6)12-11-7/h1-3H,4,10H2. The highest BCUT2D eigenvalue weighted by atomic mass is 32.1. The minimum Gasteiger partial charge on any atom is -0.399 e. The summed E-state index contributed by atoms with van der Waals surface area (Å²) in [6, 6.07) is 5.38. The zero-order chi connectivity index (χ0) is 8.55. The molecule has 62 valence electrons. The SMILES string of the molecule is Nc1ccc2c(CF)nsc2c1. The highest BCUT2D eigenvalue weighted by Gasteiger charge is 2.04. The average Bonchev–Trinajstić information content (AvgIpc) is 2.46. The maximum absolute atomic E-state index is 12.3. The van der Waals surface area contributed by atoms with Crippen LogP contribution in [0.3, 0.4) is 0 Å². The van der Waals surface area contributed by atoms with Gasteiger partial charge in [0, 0.05) is 11.1 Å². The predicted molar refractivity (Wildman–Crippen MR) is 48.8 cm³/mol. The van der Waals surface area contributed by atoms with Crippen molar-refractivity contribution in [2.45, 2.75) is 6.67 Å². The Morgan fingerprint density at radius 3 is 3.08 bits per heavy atom. The third-order valence-corrected chi connectivity index (χ3v) is 2.54. The fourth-order valence-corrected chi connectivity index (χ4v) is 1.93. The van der Waals surface area contributed by atoms with E-state index in [4.69, 9.17) is 5.73 Å². The minimum atomic E-state index is -0.510. The second-order valence-electron chi connectivity index (χ2n) is 2.52. The molecule has 2 rings (SSSR count). The molecule has 2 N–H and O–H groups in total. The number of halogens is 1. The van der Waals surface area contributed by atoms with Crippen molar-refractivity contribution >= 4 is 27.3 Å². The van der Waals surface area contributed by atoms with Crippen LogP contribution in [0.2, 0.25) is 0 Å². The third kappa shape index (κ3) is 1.04. The zero-order valence-corrected chi connectivity index (χ0v) is 7.07. The Morgan fingerprint density at radius 2 is 2.33 bits per heavy atom. The molecule has 0 saturated carbocycles. The highest BCUT2D eigenvalue weighted by Crippen LogP contribution is 2.25. The third-order valence-electron chi connectivity index (χ3n) is 1.70. The van der Waals surface area contributed by atoms with Gasteiger partial charge in [0.05, 0.1) is 10.4 Å². The number of alkyl halides is 1. The lowest BCUT2D eigenvalue weighted by Crippen LogP contribution is -1.82. The van der Waals surface area contributed by atoms with E-state index < -0.39 is 6.67 Å². The molecule has 1 aromatic heterocycles. The fourth-order valence-electron chi connectivity index (χ4n) is 1.10. The smallest absolute Gasteiger partial charge is 0.133 e. The molecule has 1 aromatic carbocycles. The average molecular weight is 182 g/mol. The zero-order valence-electron chi connectivity index (χ0n) is 6.25. The van der Waals surface area contributed by atoms with Gasteiger partial charge >= 0.3 is 0 Å². The van der Waals surface area contributed by atoms with Gasteiger partial charge in [-0.1, -0.05) is 0 Å². The van der Waals surface area contributed by atoms with Crippen LogP contribution in [0.4, 0.5) is 10.1 Å². The quantitative estimate of drug-likeness (QED) is 0.687. The first-order valence-electron chi connectivity index (χ1n) is 3.51. The van der Waals surface area contributed by atoms with Crippen molar-refractivity contribution in [2.75, 3.05) is 5.73 Å². The van der Waals surface area contributed by atoms with Crippen molar-refractivity contribution in [1.29, 1.82) is 0 Å². The minimum absolute atomic E-state index is 0.509. The van der Waals surface area contributed by atoms with Crippen LogP contribution in [-0.4, -0.2) is 4.37 Å². The number of anilines is 1. The molecule has 0 fully saturated rings. The van der Waals surface area contributed by atoms with Crippen LogP contribution in [0, 0.1) is 0 Å². The van der Waals surface area contributed by atoms with Crippen molar-refractivity contribution in [3.05, 3.63) is 23.9 Å². The molecule has 0 aliphatic heterocycles. The summed E-state index contributed by atoms with van der Waals surface area (Å²) in [6.45, 7) is -0.510. The number of nitrogens with two attached hydrogens (primary N) is 1. The molecule has 4 heteroatoms. The number of hydrogen-bond acceptors (Lipinski definition) is 3. The molecule has 0 spiro atoms. The van der Waals surface area contributed by atoms with Crippen LogP contribution in [0.5, 0.6) is 0 Å². The summed E-state index contributed by atoms with van der Waals surface area (Å²) in [5, 5.41) is 0.872. The van der Waals surface area contributed by atoms with E-state index in [2.05, 4.69) is 4.37 Å². The van der Waals surface area contributed by atoms with Crippen molar-refractivity contribution in [3.8, 4) is 0 Å². The van der Waals surface area contributed by atoms with Crippen LogP contribution < -0.4 is 5.73 Å². The maximum Gasteiger partial charge on any atom is 0.133 e. The van der Waals surface area contributed by atoms with Gasteiger partial charge in [0.15, 0.2) is 0 Å². The molecule has 2 aromatic rings. The monoisotopic (exact) mass is 182 g/mol. The molecule has 0 unspecified atom stereocenters. The molecule has 0 aliphatic rings. The molecule has 0 bridgehead atoms. The van der Waals surface area contributed by atoms with E-state index >= 15 is 0 Å². The first-order valence-corrected chi connectivity index (χ1v) is 4.28. The number of benzene rings is 1.